The summed E-state index contributed by atoms with van der Waals surface area (Å²) < 4.78 is 21.6. The molecular weight excluding hydrogens is 448 g/mol. The summed E-state index contributed by atoms with van der Waals surface area (Å²) in [7, 11) is 2.92. The number of fused-ring (bicyclic) bond motifs is 9. The molecule has 0 N–H and O–H groups in total. The molecule has 4 bridgehead atoms. The minimum Gasteiger partial charge on any atom is -0.469 e. The van der Waals surface area contributed by atoms with Crippen molar-refractivity contribution in [2.45, 2.75) is 78.2 Å². The van der Waals surface area contributed by atoms with Crippen molar-refractivity contribution >= 4 is 17.9 Å². The highest BCUT2D eigenvalue weighted by Gasteiger charge is 2.63. The van der Waals surface area contributed by atoms with Crippen molar-refractivity contribution in [1.29, 1.82) is 0 Å². The van der Waals surface area contributed by atoms with E-state index in [4.69, 9.17) is 18.9 Å². The number of carbonyl (C=O) groups is 3. The molecule has 7 nitrogen and oxygen atoms in total. The van der Waals surface area contributed by atoms with Crippen molar-refractivity contribution in [3.8, 4) is 0 Å². The lowest BCUT2D eigenvalue weighted by molar-refractivity contribution is -0.164. The highest BCUT2D eigenvalue weighted by molar-refractivity contribution is 5.79. The number of carbonyl (C=O) groups excluding carboxylic acids is 3. The topological polar surface area (TPSA) is 88.1 Å². The van der Waals surface area contributed by atoms with Crippen molar-refractivity contribution in [1.82, 2.24) is 0 Å². The van der Waals surface area contributed by atoms with E-state index in [1.807, 2.05) is 6.92 Å². The van der Waals surface area contributed by atoms with E-state index in [1.54, 1.807) is 21.0 Å². The van der Waals surface area contributed by atoms with E-state index in [0.29, 0.717) is 31.3 Å². The Labute approximate surface area is 210 Å². The molecule has 0 radical (unpaired) electrons. The van der Waals surface area contributed by atoms with Gasteiger partial charge in [0, 0.05) is 7.11 Å². The minimum atomic E-state index is -0.860. The van der Waals surface area contributed by atoms with Crippen LogP contribution < -0.4 is 0 Å². The van der Waals surface area contributed by atoms with Gasteiger partial charge in [-0.1, -0.05) is 6.92 Å². The third-order valence-electron chi connectivity index (χ3n) is 9.70. The van der Waals surface area contributed by atoms with Gasteiger partial charge in [0.05, 0.1) is 31.0 Å². The molecular formula is C28H44O7. The molecule has 0 spiro atoms. The molecule has 0 aliphatic heterocycles. The zero-order valence-corrected chi connectivity index (χ0v) is 22.1. The summed E-state index contributed by atoms with van der Waals surface area (Å²) in [5.74, 6) is 2.51. The van der Waals surface area contributed by atoms with Crippen LogP contribution >= 0.6 is 0 Å². The predicted octanol–water partition coefficient (Wildman–Crippen LogP) is 4.41. The first-order valence-electron chi connectivity index (χ1n) is 13.6. The Morgan fingerprint density at radius 3 is 2.26 bits per heavy atom. The van der Waals surface area contributed by atoms with Gasteiger partial charge in [0.1, 0.15) is 12.7 Å². The largest absolute Gasteiger partial charge is 0.469 e. The summed E-state index contributed by atoms with van der Waals surface area (Å²) >= 11 is 0. The number of esters is 3. The Bertz CT molecular complexity index is 792. The lowest BCUT2D eigenvalue weighted by atomic mass is 9.70. The van der Waals surface area contributed by atoms with Crippen LogP contribution in [0, 0.1) is 52.8 Å². The number of hydrogen-bond donors (Lipinski definition) is 0. The van der Waals surface area contributed by atoms with E-state index >= 15 is 0 Å². The molecule has 0 amide bonds. The molecule has 0 aromatic carbocycles. The van der Waals surface area contributed by atoms with Gasteiger partial charge in [-0.3, -0.25) is 14.4 Å². The molecule has 9 unspecified atom stereocenters. The monoisotopic (exact) mass is 492 g/mol. The molecule has 198 valence electrons. The maximum Gasteiger partial charge on any atom is 0.311 e. The second-order valence-electron chi connectivity index (χ2n) is 12.1. The van der Waals surface area contributed by atoms with Crippen LogP contribution in [0.3, 0.4) is 0 Å². The Balaban J connectivity index is 1.44. The van der Waals surface area contributed by atoms with Gasteiger partial charge in [-0.15, -0.1) is 0 Å². The Kier molecular flexibility index (Phi) is 8.14. The lowest BCUT2D eigenvalue weighted by Crippen LogP contribution is -2.40. The minimum absolute atomic E-state index is 0.0226. The zero-order valence-electron chi connectivity index (χ0n) is 22.1. The standard InChI is InChI=1S/C28H44O7/c1-6-16(25(29)34-10-9-32-4)11-20(15-28(2,3)27(31)33-5)26(30)35-22-14-19-13-21(22)24-18-8-7-17(12-18)23(19)24/h16-24H,6-15H2,1-5H3. The van der Waals surface area contributed by atoms with E-state index < -0.39 is 17.3 Å². The molecule has 4 aliphatic carbocycles. The van der Waals surface area contributed by atoms with Crippen LogP contribution in [0.1, 0.15) is 72.1 Å². The van der Waals surface area contributed by atoms with Gasteiger partial charge in [0.2, 0.25) is 0 Å². The van der Waals surface area contributed by atoms with Crippen LogP contribution in [-0.2, 0) is 33.3 Å². The average Bonchev–Trinajstić information content (AvgIpc) is 3.61. The van der Waals surface area contributed by atoms with Crippen molar-refractivity contribution in [2.75, 3.05) is 27.4 Å². The smallest absolute Gasteiger partial charge is 0.311 e. The van der Waals surface area contributed by atoms with Gasteiger partial charge in [-0.25, -0.2) is 0 Å². The van der Waals surface area contributed by atoms with Crippen LogP contribution in [0.4, 0.5) is 0 Å². The van der Waals surface area contributed by atoms with Crippen molar-refractivity contribution < 1.29 is 33.3 Å². The van der Waals surface area contributed by atoms with E-state index in [2.05, 4.69) is 0 Å². The Morgan fingerprint density at radius 1 is 0.886 bits per heavy atom. The molecule has 4 rings (SSSR count). The molecule has 9 atom stereocenters. The third-order valence-corrected chi connectivity index (χ3v) is 9.70. The zero-order chi connectivity index (χ0) is 25.3. The summed E-state index contributed by atoms with van der Waals surface area (Å²) in [5, 5.41) is 0. The number of ether oxygens (including phenoxy) is 4. The van der Waals surface area contributed by atoms with Crippen LogP contribution in [0.25, 0.3) is 0 Å². The van der Waals surface area contributed by atoms with Gasteiger partial charge >= 0.3 is 17.9 Å². The van der Waals surface area contributed by atoms with Gasteiger partial charge in [-0.2, -0.15) is 0 Å². The molecule has 35 heavy (non-hydrogen) atoms. The van der Waals surface area contributed by atoms with Crippen molar-refractivity contribution in [3.05, 3.63) is 0 Å². The number of rotatable bonds is 12. The van der Waals surface area contributed by atoms with Crippen LogP contribution in [0.5, 0.6) is 0 Å². The van der Waals surface area contributed by atoms with Gasteiger partial charge < -0.3 is 18.9 Å². The summed E-state index contributed by atoms with van der Waals surface area (Å²) in [6.07, 6.45) is 7.39. The maximum atomic E-state index is 13.6. The highest BCUT2D eigenvalue weighted by atomic mass is 16.6. The summed E-state index contributed by atoms with van der Waals surface area (Å²) in [4.78, 5) is 38.7. The predicted molar refractivity (Wildman–Crippen MR) is 129 cm³/mol. The molecule has 4 saturated carbocycles. The van der Waals surface area contributed by atoms with Gasteiger partial charge in [0.15, 0.2) is 0 Å². The second-order valence-corrected chi connectivity index (χ2v) is 12.1. The van der Waals surface area contributed by atoms with Gasteiger partial charge in [-0.05, 0) is 101 Å². The number of methoxy groups -OCH3 is 2. The van der Waals surface area contributed by atoms with E-state index in [0.717, 1.165) is 30.1 Å². The normalized spacial score (nSPS) is 34.4. The van der Waals surface area contributed by atoms with E-state index in [9.17, 15) is 14.4 Å². The summed E-state index contributed by atoms with van der Waals surface area (Å²) in [5.41, 5.74) is -0.860. The molecule has 4 fully saturated rings. The Hall–Kier alpha value is -1.63. The first-order chi connectivity index (χ1) is 16.7. The van der Waals surface area contributed by atoms with E-state index in [-0.39, 0.29) is 37.0 Å². The van der Waals surface area contributed by atoms with Crippen molar-refractivity contribution in [2.24, 2.45) is 52.8 Å². The third kappa shape index (κ3) is 5.26. The molecule has 7 heteroatoms. The molecule has 0 heterocycles. The molecule has 0 aromatic rings. The Morgan fingerprint density at radius 2 is 1.60 bits per heavy atom. The lowest BCUT2D eigenvalue weighted by Gasteiger charge is -2.39. The quantitative estimate of drug-likeness (QED) is 0.173. The van der Waals surface area contributed by atoms with Crippen LogP contribution in [0.2, 0.25) is 0 Å². The fraction of sp³-hybridized carbons (Fsp3) is 0.893. The summed E-state index contributed by atoms with van der Waals surface area (Å²) in [6.45, 7) is 6.01. The van der Waals surface area contributed by atoms with Gasteiger partial charge in [0.25, 0.3) is 0 Å². The highest BCUT2D eigenvalue weighted by Crippen LogP contribution is 2.67. The first-order valence-corrected chi connectivity index (χ1v) is 13.6. The second kappa shape index (κ2) is 10.8. The average molecular weight is 493 g/mol. The maximum absolute atomic E-state index is 13.6. The van der Waals surface area contributed by atoms with Crippen molar-refractivity contribution in [3.63, 3.8) is 0 Å². The van der Waals surface area contributed by atoms with Crippen LogP contribution in [-0.4, -0.2) is 51.4 Å². The molecule has 4 aliphatic rings. The molecule has 0 saturated heterocycles. The first kappa shape index (κ1) is 26.4. The van der Waals surface area contributed by atoms with Crippen LogP contribution in [0.15, 0.2) is 0 Å². The summed E-state index contributed by atoms with van der Waals surface area (Å²) in [6, 6.07) is 0. The fourth-order valence-electron chi connectivity index (χ4n) is 8.24. The fourth-order valence-corrected chi connectivity index (χ4v) is 8.24. The SMILES string of the molecule is CCC(CC(CC(C)(C)C(=O)OC)C(=O)OC1CC2CC1C1C3CCC(C3)C21)C(=O)OCCOC. The number of hydrogen-bond acceptors (Lipinski definition) is 7. The molecule has 0 aromatic heterocycles. The van der Waals surface area contributed by atoms with E-state index in [1.165, 1.54) is 32.8 Å².